The summed E-state index contributed by atoms with van der Waals surface area (Å²) < 4.78 is 2.79. The summed E-state index contributed by atoms with van der Waals surface area (Å²) >= 11 is 10.9. The summed E-state index contributed by atoms with van der Waals surface area (Å²) in [6.45, 7) is -0.00468. The molecule has 0 aliphatic carbocycles. The number of rotatable bonds is 1. The molecule has 0 atom stereocenters. The van der Waals surface area contributed by atoms with Crippen molar-refractivity contribution in [3.8, 4) is 0 Å². The number of hydrogen-bond acceptors (Lipinski definition) is 2. The Labute approximate surface area is 93.1 Å². The highest BCUT2D eigenvalue weighted by Crippen LogP contribution is 2.38. The van der Waals surface area contributed by atoms with Gasteiger partial charge in [-0.05, 0) is 22.0 Å². The Morgan fingerprint density at radius 2 is 2.23 bits per heavy atom. The molecule has 0 radical (unpaired) electrons. The van der Waals surface area contributed by atoms with Gasteiger partial charge in [0.05, 0.1) is 15.6 Å². The van der Waals surface area contributed by atoms with E-state index >= 15 is 0 Å². The number of benzene rings is 1. The van der Waals surface area contributed by atoms with Crippen molar-refractivity contribution >= 4 is 49.0 Å². The molecule has 1 nitrogen and oxygen atoms in total. The summed E-state index contributed by atoms with van der Waals surface area (Å²) in [7, 11) is 0. The molecule has 0 saturated carbocycles. The van der Waals surface area contributed by atoms with Crippen molar-refractivity contribution in [1.82, 2.24) is 0 Å². The lowest BCUT2D eigenvalue weighted by Crippen LogP contribution is -1.79. The molecule has 1 aromatic heterocycles. The first-order chi connectivity index (χ1) is 6.24. The highest BCUT2D eigenvalue weighted by molar-refractivity contribution is 9.10. The van der Waals surface area contributed by atoms with Crippen LogP contribution in [0.3, 0.4) is 0 Å². The van der Waals surface area contributed by atoms with E-state index in [9.17, 15) is 0 Å². The maximum atomic E-state index is 9.10. The van der Waals surface area contributed by atoms with Crippen molar-refractivity contribution in [1.29, 1.82) is 0 Å². The van der Waals surface area contributed by atoms with Crippen LogP contribution in [0.15, 0.2) is 22.7 Å². The number of aliphatic hydroxyl groups excluding tert-OH is 1. The van der Waals surface area contributed by atoms with Crippen molar-refractivity contribution in [2.75, 3.05) is 0 Å². The molecule has 0 fully saturated rings. The Morgan fingerprint density at radius 3 is 2.92 bits per heavy atom. The second kappa shape index (κ2) is 3.58. The zero-order chi connectivity index (χ0) is 9.42. The molecule has 0 bridgehead atoms. The van der Waals surface area contributed by atoms with Gasteiger partial charge in [-0.25, -0.2) is 0 Å². The quantitative estimate of drug-likeness (QED) is 0.840. The number of thiophene rings is 1. The summed E-state index contributed by atoms with van der Waals surface area (Å²) in [4.78, 5) is 0. The van der Waals surface area contributed by atoms with E-state index in [0.29, 0.717) is 4.34 Å². The normalized spacial score (nSPS) is 11.0. The average Bonchev–Trinajstić information content (AvgIpc) is 2.43. The van der Waals surface area contributed by atoms with E-state index in [0.717, 1.165) is 20.1 Å². The van der Waals surface area contributed by atoms with Crippen LogP contribution in [0.1, 0.15) is 5.56 Å². The van der Waals surface area contributed by atoms with Gasteiger partial charge in [0.15, 0.2) is 0 Å². The lowest BCUT2D eigenvalue weighted by molar-refractivity contribution is 0.284. The average molecular weight is 278 g/mol. The number of halogens is 2. The second-order valence-corrected chi connectivity index (χ2v) is 5.11. The van der Waals surface area contributed by atoms with Crippen LogP contribution >= 0.6 is 38.9 Å². The van der Waals surface area contributed by atoms with Gasteiger partial charge >= 0.3 is 0 Å². The minimum absolute atomic E-state index is 0.00468. The Hall–Kier alpha value is -0.0900. The molecule has 4 heteroatoms. The van der Waals surface area contributed by atoms with Gasteiger partial charge in [0, 0.05) is 15.4 Å². The number of fused-ring (bicyclic) bond motifs is 1. The monoisotopic (exact) mass is 276 g/mol. The van der Waals surface area contributed by atoms with Crippen LogP contribution in [0, 0.1) is 0 Å². The second-order valence-electron chi connectivity index (χ2n) is 2.63. The maximum Gasteiger partial charge on any atom is 0.0996 e. The SMILES string of the molecule is OCc1c(Cl)sc2c(Br)cccc12. The largest absolute Gasteiger partial charge is 0.392 e. The fourth-order valence-corrected chi connectivity index (χ4v) is 3.20. The molecule has 13 heavy (non-hydrogen) atoms. The molecule has 0 aliphatic heterocycles. The van der Waals surface area contributed by atoms with Crippen LogP contribution in [-0.2, 0) is 6.61 Å². The van der Waals surface area contributed by atoms with Crippen LogP contribution in [0.2, 0.25) is 4.34 Å². The van der Waals surface area contributed by atoms with Crippen molar-refractivity contribution in [3.63, 3.8) is 0 Å². The molecule has 0 saturated heterocycles. The van der Waals surface area contributed by atoms with Crippen LogP contribution < -0.4 is 0 Å². The lowest BCUT2D eigenvalue weighted by Gasteiger charge is -1.94. The lowest BCUT2D eigenvalue weighted by atomic mass is 10.2. The highest BCUT2D eigenvalue weighted by atomic mass is 79.9. The van der Waals surface area contributed by atoms with E-state index in [4.69, 9.17) is 16.7 Å². The first-order valence-electron chi connectivity index (χ1n) is 3.70. The van der Waals surface area contributed by atoms with E-state index < -0.39 is 0 Å². The van der Waals surface area contributed by atoms with E-state index in [1.165, 1.54) is 11.3 Å². The number of hydrogen-bond donors (Lipinski definition) is 1. The minimum Gasteiger partial charge on any atom is -0.392 e. The van der Waals surface area contributed by atoms with E-state index in [2.05, 4.69) is 15.9 Å². The van der Waals surface area contributed by atoms with Crippen molar-refractivity contribution in [3.05, 3.63) is 32.6 Å². The topological polar surface area (TPSA) is 20.2 Å². The molecule has 0 amide bonds. The van der Waals surface area contributed by atoms with Crippen LogP contribution in [0.4, 0.5) is 0 Å². The minimum atomic E-state index is -0.00468. The molecule has 1 N–H and O–H groups in total. The van der Waals surface area contributed by atoms with Crippen LogP contribution in [0.25, 0.3) is 10.1 Å². The Morgan fingerprint density at radius 1 is 1.46 bits per heavy atom. The molecular weight excluding hydrogens is 272 g/mol. The first-order valence-corrected chi connectivity index (χ1v) is 5.69. The van der Waals surface area contributed by atoms with Gasteiger partial charge in [0.2, 0.25) is 0 Å². The van der Waals surface area contributed by atoms with Gasteiger partial charge in [-0.2, -0.15) is 0 Å². The maximum absolute atomic E-state index is 9.10. The zero-order valence-corrected chi connectivity index (χ0v) is 9.71. The Kier molecular flexibility index (Phi) is 2.60. The van der Waals surface area contributed by atoms with E-state index in [1.54, 1.807) is 0 Å². The van der Waals surface area contributed by atoms with Gasteiger partial charge < -0.3 is 5.11 Å². The fraction of sp³-hybridized carbons (Fsp3) is 0.111. The molecule has 0 spiro atoms. The summed E-state index contributed by atoms with van der Waals surface area (Å²) in [6, 6.07) is 5.87. The predicted molar refractivity (Wildman–Crippen MR) is 60.5 cm³/mol. The molecule has 1 aromatic carbocycles. The van der Waals surface area contributed by atoms with Crippen molar-refractivity contribution in [2.45, 2.75) is 6.61 Å². The summed E-state index contributed by atoms with van der Waals surface area (Å²) in [5.74, 6) is 0. The molecule has 68 valence electrons. The van der Waals surface area contributed by atoms with Gasteiger partial charge in [0.25, 0.3) is 0 Å². The Bertz CT molecular complexity index is 452. The van der Waals surface area contributed by atoms with Gasteiger partial charge in [0.1, 0.15) is 0 Å². The molecule has 2 rings (SSSR count). The van der Waals surface area contributed by atoms with Crippen LogP contribution in [-0.4, -0.2) is 5.11 Å². The van der Waals surface area contributed by atoms with Gasteiger partial charge in [-0.15, -0.1) is 11.3 Å². The fourth-order valence-electron chi connectivity index (χ4n) is 1.25. The van der Waals surface area contributed by atoms with Crippen molar-refractivity contribution < 1.29 is 5.11 Å². The first kappa shape index (κ1) is 9.46. The molecule has 1 heterocycles. The van der Waals surface area contributed by atoms with E-state index in [-0.39, 0.29) is 6.61 Å². The molecule has 0 unspecified atom stereocenters. The van der Waals surface area contributed by atoms with Gasteiger partial charge in [-0.1, -0.05) is 23.7 Å². The summed E-state index contributed by atoms with van der Waals surface area (Å²) in [6.07, 6.45) is 0. The van der Waals surface area contributed by atoms with E-state index in [1.807, 2.05) is 18.2 Å². The molecule has 0 aliphatic rings. The predicted octanol–water partition coefficient (Wildman–Crippen LogP) is 3.81. The molecule has 2 aromatic rings. The summed E-state index contributed by atoms with van der Waals surface area (Å²) in [5, 5.41) is 10.1. The summed E-state index contributed by atoms with van der Waals surface area (Å²) in [5.41, 5.74) is 0.822. The third-order valence-corrected chi connectivity index (χ3v) is 4.33. The van der Waals surface area contributed by atoms with Crippen molar-refractivity contribution in [2.24, 2.45) is 0 Å². The third-order valence-electron chi connectivity index (χ3n) is 1.88. The highest BCUT2D eigenvalue weighted by Gasteiger charge is 2.10. The van der Waals surface area contributed by atoms with Crippen LogP contribution in [0.5, 0.6) is 0 Å². The number of aliphatic hydroxyl groups is 1. The zero-order valence-electron chi connectivity index (χ0n) is 6.55. The smallest absolute Gasteiger partial charge is 0.0996 e. The molecular formula is C9H6BrClOS. The van der Waals surface area contributed by atoms with Gasteiger partial charge in [-0.3, -0.25) is 0 Å². The standard InChI is InChI=1S/C9H6BrClOS/c10-7-3-1-2-5-6(4-12)9(11)13-8(5)7/h1-3,12H,4H2. The Balaban J connectivity index is 2.86. The third kappa shape index (κ3) is 1.50.